The molecule has 0 radical (unpaired) electrons. The second-order valence-electron chi connectivity index (χ2n) is 8.67. The van der Waals surface area contributed by atoms with Crippen molar-refractivity contribution in [2.45, 2.75) is 45.5 Å². The molecule has 2 aromatic rings. The van der Waals surface area contributed by atoms with Crippen molar-refractivity contribution in [2.75, 3.05) is 26.2 Å². The highest BCUT2D eigenvalue weighted by Gasteiger charge is 2.25. The molecule has 32 heavy (non-hydrogen) atoms. The molecule has 1 aliphatic heterocycles. The van der Waals surface area contributed by atoms with E-state index < -0.39 is 5.60 Å². The summed E-state index contributed by atoms with van der Waals surface area (Å²) in [5.74, 6) is 0.422. The van der Waals surface area contributed by atoms with Gasteiger partial charge in [-0.15, -0.1) is 0 Å². The molecule has 174 valence electrons. The molecule has 0 saturated carbocycles. The monoisotopic (exact) mass is 499 g/mol. The van der Waals surface area contributed by atoms with Crippen molar-refractivity contribution in [1.29, 1.82) is 0 Å². The highest BCUT2D eigenvalue weighted by molar-refractivity contribution is 6.36. The predicted molar refractivity (Wildman–Crippen MR) is 128 cm³/mol. The third-order valence-electron chi connectivity index (χ3n) is 4.97. The second-order valence-corrected chi connectivity index (χ2v) is 9.89. The number of carbonyl (C=O) groups is 1. The van der Waals surface area contributed by atoms with Gasteiger partial charge in [0.1, 0.15) is 18.0 Å². The average Bonchev–Trinajstić information content (AvgIpc) is 2.71. The summed E-state index contributed by atoms with van der Waals surface area (Å²) < 4.78 is 17.2. The number of morpholine rings is 1. The average molecular weight is 501 g/mol. The van der Waals surface area contributed by atoms with E-state index in [1.54, 1.807) is 24.3 Å². The molecule has 0 spiro atoms. The maximum absolute atomic E-state index is 12.0. The maximum atomic E-state index is 12.0. The summed E-state index contributed by atoms with van der Waals surface area (Å²) >= 11 is 19.0. The van der Waals surface area contributed by atoms with Crippen molar-refractivity contribution in [3.05, 3.63) is 62.6 Å². The van der Waals surface area contributed by atoms with Gasteiger partial charge in [0.25, 0.3) is 0 Å². The number of carbonyl (C=O) groups excluding carboxylic acids is 1. The molecule has 0 aliphatic carbocycles. The number of rotatable bonds is 7. The summed E-state index contributed by atoms with van der Waals surface area (Å²) in [6.07, 6.45) is 0.164. The van der Waals surface area contributed by atoms with Crippen LogP contribution in [-0.4, -0.2) is 42.7 Å². The van der Waals surface area contributed by atoms with E-state index in [-0.39, 0.29) is 18.7 Å². The molecule has 8 heteroatoms. The lowest BCUT2D eigenvalue weighted by atomic mass is 10.1. The molecule has 1 aliphatic rings. The molecule has 0 bridgehead atoms. The predicted octanol–water partition coefficient (Wildman–Crippen LogP) is 6.33. The van der Waals surface area contributed by atoms with Crippen LogP contribution in [0.3, 0.4) is 0 Å². The first-order valence-electron chi connectivity index (χ1n) is 10.5. The smallest absolute Gasteiger partial charge is 0.307 e. The van der Waals surface area contributed by atoms with Crippen molar-refractivity contribution in [2.24, 2.45) is 0 Å². The third-order valence-corrected chi connectivity index (χ3v) is 6.00. The van der Waals surface area contributed by atoms with E-state index in [9.17, 15) is 4.79 Å². The van der Waals surface area contributed by atoms with Crippen molar-refractivity contribution in [1.82, 2.24) is 4.90 Å². The van der Waals surface area contributed by atoms with Gasteiger partial charge in [-0.2, -0.15) is 0 Å². The Morgan fingerprint density at radius 3 is 2.50 bits per heavy atom. The molecular weight excluding hydrogens is 473 g/mol. The highest BCUT2D eigenvalue weighted by atomic mass is 35.5. The summed E-state index contributed by atoms with van der Waals surface area (Å²) in [4.78, 5) is 14.2. The Morgan fingerprint density at radius 1 is 1.12 bits per heavy atom. The van der Waals surface area contributed by atoms with Gasteiger partial charge >= 0.3 is 5.97 Å². The summed E-state index contributed by atoms with van der Waals surface area (Å²) in [6, 6.07) is 10.9. The zero-order valence-electron chi connectivity index (χ0n) is 18.5. The normalized spacial score (nSPS) is 17.2. The van der Waals surface area contributed by atoms with Crippen molar-refractivity contribution >= 4 is 40.8 Å². The van der Waals surface area contributed by atoms with Crippen LogP contribution in [0.1, 0.15) is 44.4 Å². The largest absolute Gasteiger partial charge is 0.489 e. The summed E-state index contributed by atoms with van der Waals surface area (Å²) in [5.41, 5.74) is 1.14. The van der Waals surface area contributed by atoms with Gasteiger partial charge in [0, 0.05) is 40.8 Å². The van der Waals surface area contributed by atoms with Crippen molar-refractivity contribution in [3.63, 3.8) is 0 Å². The van der Waals surface area contributed by atoms with E-state index in [1.807, 2.05) is 32.9 Å². The minimum Gasteiger partial charge on any atom is -0.489 e. The lowest BCUT2D eigenvalue weighted by Gasteiger charge is -2.33. The zero-order valence-corrected chi connectivity index (χ0v) is 20.8. The number of ether oxygens (including phenoxy) is 3. The highest BCUT2D eigenvalue weighted by Crippen LogP contribution is 2.32. The van der Waals surface area contributed by atoms with Crippen LogP contribution in [0.25, 0.3) is 0 Å². The van der Waals surface area contributed by atoms with Crippen LogP contribution in [0.2, 0.25) is 15.1 Å². The Kier molecular flexibility index (Phi) is 8.70. The van der Waals surface area contributed by atoms with Gasteiger partial charge in [-0.1, -0.05) is 46.9 Å². The van der Waals surface area contributed by atoms with Crippen LogP contribution >= 0.6 is 34.8 Å². The number of benzene rings is 2. The fourth-order valence-electron chi connectivity index (χ4n) is 3.42. The van der Waals surface area contributed by atoms with Gasteiger partial charge in [-0.3, -0.25) is 9.69 Å². The first kappa shape index (κ1) is 25.1. The van der Waals surface area contributed by atoms with E-state index in [1.165, 1.54) is 0 Å². The number of hydrogen-bond acceptors (Lipinski definition) is 5. The Bertz CT molecular complexity index is 925. The molecule has 1 unspecified atom stereocenters. The van der Waals surface area contributed by atoms with Crippen LogP contribution in [-0.2, 0) is 20.9 Å². The fourth-order valence-corrected chi connectivity index (χ4v) is 4.22. The Hall–Kier alpha value is -1.50. The number of nitrogens with zero attached hydrogens (tertiary/aromatic N) is 1. The van der Waals surface area contributed by atoms with Gasteiger partial charge in [0.2, 0.25) is 0 Å². The zero-order chi connectivity index (χ0) is 23.3. The Morgan fingerprint density at radius 2 is 1.84 bits per heavy atom. The molecule has 1 atom stereocenters. The number of hydrogen-bond donors (Lipinski definition) is 0. The fraction of sp³-hybridized carbons (Fsp3) is 0.458. The summed E-state index contributed by atoms with van der Waals surface area (Å²) in [5, 5.41) is 1.68. The minimum absolute atomic E-state index is 0.179. The lowest BCUT2D eigenvalue weighted by Crippen LogP contribution is -2.40. The van der Waals surface area contributed by atoms with E-state index in [2.05, 4.69) is 4.90 Å². The van der Waals surface area contributed by atoms with Gasteiger partial charge in [0.15, 0.2) is 0 Å². The number of halogens is 3. The quantitative estimate of drug-likeness (QED) is 0.416. The Balaban J connectivity index is 1.57. The van der Waals surface area contributed by atoms with Crippen molar-refractivity contribution < 1.29 is 19.0 Å². The molecule has 0 N–H and O–H groups in total. The van der Waals surface area contributed by atoms with Gasteiger partial charge in [-0.25, -0.2) is 0 Å². The SMILES string of the molecule is CC(C)(C)OC(=O)CCN1CCOC(c2ccc(OCc3c(Cl)cccc3Cl)cc2Cl)C1. The van der Waals surface area contributed by atoms with Gasteiger partial charge in [-0.05, 0) is 45.0 Å². The van der Waals surface area contributed by atoms with Crippen LogP contribution in [0, 0.1) is 0 Å². The molecule has 1 fully saturated rings. The minimum atomic E-state index is -0.473. The van der Waals surface area contributed by atoms with E-state index in [0.717, 1.165) is 17.7 Å². The third kappa shape index (κ3) is 7.26. The Labute approximate surface area is 204 Å². The van der Waals surface area contributed by atoms with Crippen molar-refractivity contribution in [3.8, 4) is 5.75 Å². The molecule has 0 aromatic heterocycles. The standard InChI is InChI=1S/C24H28Cl3NO4/c1-24(2,3)32-23(29)9-10-28-11-12-30-22(14-28)17-8-7-16(13-21(17)27)31-15-18-19(25)5-4-6-20(18)26/h4-8,13,22H,9-12,14-15H2,1-3H3. The van der Waals surface area contributed by atoms with E-state index in [4.69, 9.17) is 49.0 Å². The second kappa shape index (κ2) is 11.1. The molecule has 1 heterocycles. The molecule has 1 saturated heterocycles. The molecule has 5 nitrogen and oxygen atoms in total. The number of esters is 1. The van der Waals surface area contributed by atoms with E-state index >= 15 is 0 Å². The summed E-state index contributed by atoms with van der Waals surface area (Å²) in [6.45, 7) is 8.45. The molecular formula is C24H28Cl3NO4. The lowest BCUT2D eigenvalue weighted by molar-refractivity contribution is -0.155. The molecule has 0 amide bonds. The topological polar surface area (TPSA) is 48.0 Å². The van der Waals surface area contributed by atoms with Crippen LogP contribution in [0.4, 0.5) is 0 Å². The first-order chi connectivity index (χ1) is 15.1. The van der Waals surface area contributed by atoms with E-state index in [0.29, 0.717) is 46.9 Å². The van der Waals surface area contributed by atoms with Gasteiger partial charge < -0.3 is 14.2 Å². The molecule has 2 aromatic carbocycles. The van der Waals surface area contributed by atoms with Gasteiger partial charge in [0.05, 0.1) is 24.2 Å². The maximum Gasteiger partial charge on any atom is 0.307 e. The van der Waals surface area contributed by atoms with Crippen LogP contribution < -0.4 is 4.74 Å². The summed E-state index contributed by atoms with van der Waals surface area (Å²) in [7, 11) is 0. The first-order valence-corrected chi connectivity index (χ1v) is 11.7. The van der Waals surface area contributed by atoms with Crippen LogP contribution in [0.15, 0.2) is 36.4 Å². The van der Waals surface area contributed by atoms with Crippen LogP contribution in [0.5, 0.6) is 5.75 Å². The molecule has 3 rings (SSSR count).